The summed E-state index contributed by atoms with van der Waals surface area (Å²) in [7, 11) is -3.50. The zero-order valence-electron chi connectivity index (χ0n) is 22.9. The number of azide groups is 1. The number of ether oxygens (including phenoxy) is 2. The molecule has 0 radical (unpaired) electrons. The van der Waals surface area contributed by atoms with Crippen molar-refractivity contribution in [2.45, 2.75) is 44.1 Å². The molecule has 5 rings (SSSR count). The minimum absolute atomic E-state index is 0.0614. The Labute approximate surface area is 244 Å². The maximum Gasteiger partial charge on any atom is 0.327 e. The Morgan fingerprint density at radius 2 is 2.05 bits per heavy atom. The first-order valence-electron chi connectivity index (χ1n) is 13.0. The molecule has 17 nitrogen and oxygen atoms in total. The highest BCUT2D eigenvalue weighted by Crippen LogP contribution is 2.43. The lowest BCUT2D eigenvalue weighted by Gasteiger charge is -2.30. The summed E-state index contributed by atoms with van der Waals surface area (Å²) < 4.78 is 31.4. The third kappa shape index (κ3) is 5.70. The van der Waals surface area contributed by atoms with E-state index in [2.05, 4.69) is 25.0 Å². The van der Waals surface area contributed by atoms with Gasteiger partial charge in [0.1, 0.15) is 30.1 Å². The second kappa shape index (κ2) is 12.5. The molecule has 1 aliphatic rings. The molecule has 0 aliphatic carbocycles. The normalized spacial score (nSPS) is 23.2. The number of nitrogen functional groups attached to an aromatic ring is 1. The lowest BCUT2D eigenvalue weighted by Crippen LogP contribution is -2.45. The molecule has 4 aromatic rings. The molecule has 0 spiro atoms. The highest BCUT2D eigenvalue weighted by molar-refractivity contribution is 7.36. The molecule has 43 heavy (non-hydrogen) atoms. The largest absolute Gasteiger partial charge is 0.465 e. The average molecular weight is 614 g/mol. The number of nitrogens with zero attached hydrogens (tertiary/aromatic N) is 8. The number of esters is 1. The van der Waals surface area contributed by atoms with Gasteiger partial charge < -0.3 is 34.8 Å². The van der Waals surface area contributed by atoms with E-state index in [1.54, 1.807) is 31.2 Å². The molecule has 2 aromatic carbocycles. The van der Waals surface area contributed by atoms with Crippen LogP contribution in [0.1, 0.15) is 20.1 Å². The summed E-state index contributed by atoms with van der Waals surface area (Å²) in [6.45, 7) is 2.29. The first-order valence-corrected chi connectivity index (χ1v) is 14.3. The number of hydrogen-bond donors (Lipinski definition) is 3. The number of carbonyl (C=O) groups excluding carboxylic acids is 1. The van der Waals surface area contributed by atoms with Crippen LogP contribution < -0.4 is 10.6 Å². The number of anilines is 1. The van der Waals surface area contributed by atoms with E-state index in [4.69, 9.17) is 24.6 Å². The molecule has 226 valence electrons. The number of nitrogens with two attached hydrogens (primary N) is 1. The van der Waals surface area contributed by atoms with Crippen LogP contribution in [0.4, 0.5) is 5.82 Å². The number of aromatic nitrogens is 4. The van der Waals surface area contributed by atoms with Gasteiger partial charge in [-0.1, -0.05) is 46.3 Å². The van der Waals surface area contributed by atoms with Gasteiger partial charge in [0, 0.05) is 10.3 Å². The number of hydroxylamine groups is 1. The third-order valence-corrected chi connectivity index (χ3v) is 8.02. The van der Waals surface area contributed by atoms with Crippen molar-refractivity contribution in [2.24, 2.45) is 5.11 Å². The quantitative estimate of drug-likeness (QED) is 0.0551. The van der Waals surface area contributed by atoms with Crippen LogP contribution >= 0.6 is 8.18 Å². The number of fused-ring (bicyclic) bond motifs is 2. The average Bonchev–Trinajstić information content (AvgIpc) is 3.54. The molecule has 3 heterocycles. The molecule has 2 unspecified atom stereocenters. The lowest BCUT2D eigenvalue weighted by molar-refractivity contribution is -0.155. The summed E-state index contributed by atoms with van der Waals surface area (Å²) in [6.07, 6.45) is -2.46. The highest BCUT2D eigenvalue weighted by atomic mass is 31.1. The molecule has 1 aliphatic heterocycles. The number of aliphatic hydroxyl groups is 2. The Morgan fingerprint density at radius 3 is 2.81 bits per heavy atom. The van der Waals surface area contributed by atoms with E-state index in [9.17, 15) is 25.1 Å². The molecule has 1 fully saturated rings. The Kier molecular flexibility index (Phi) is 8.75. The van der Waals surface area contributed by atoms with Crippen LogP contribution in [-0.2, 0) is 23.4 Å². The fourth-order valence-corrected chi connectivity index (χ4v) is 5.65. The Balaban J connectivity index is 1.42. The van der Waals surface area contributed by atoms with Crippen LogP contribution in [0.3, 0.4) is 0 Å². The van der Waals surface area contributed by atoms with Crippen molar-refractivity contribution in [1.29, 1.82) is 0 Å². The number of carbonyl (C=O) groups is 1. The standard InChI is InChI=1S/C25H28N9O8P/c1-3-39-24(37)14(2)34(42-17-10-6-8-15-7-4-5-9-16(15)17)43(38)40-11-25(31-32-27)20(36)19(35)23(41-25)33-13-30-18-21(26)28-12-29-22(18)33/h4-10,12-14,19-20,23,35-36,43H,3,11H2,1-2H3,(H2,26,28,29)/t14?,19-,20+,23-,25-/m1/s1. The van der Waals surface area contributed by atoms with Crippen LogP contribution in [0.15, 0.2) is 60.2 Å². The van der Waals surface area contributed by atoms with Crippen molar-refractivity contribution in [2.75, 3.05) is 18.9 Å². The third-order valence-electron chi connectivity index (χ3n) is 6.79. The van der Waals surface area contributed by atoms with Gasteiger partial charge in [0.2, 0.25) is 5.72 Å². The number of aliphatic hydroxyl groups excluding tert-OH is 2. The van der Waals surface area contributed by atoms with Gasteiger partial charge in [-0.3, -0.25) is 13.9 Å². The zero-order valence-corrected chi connectivity index (χ0v) is 23.9. The monoisotopic (exact) mass is 613 g/mol. The molecule has 1 saturated heterocycles. The SMILES string of the molecule is CCOC(=O)C(C)N(Oc1cccc2ccccc12)[PH](=O)OC[C@@]1(N=[N+]=[N-])O[C@@H](n2cnc3c(N)ncnc32)[C@H](O)[C@@H]1O. The van der Waals surface area contributed by atoms with Gasteiger partial charge in [-0.2, -0.15) is 0 Å². The lowest BCUT2D eigenvalue weighted by atomic mass is 10.1. The highest BCUT2D eigenvalue weighted by Gasteiger charge is 2.56. The first kappa shape index (κ1) is 30.1. The molecule has 18 heteroatoms. The molecular formula is C25H28N9O8P. The summed E-state index contributed by atoms with van der Waals surface area (Å²) in [5, 5.41) is 27.0. The van der Waals surface area contributed by atoms with E-state index in [1.807, 2.05) is 18.2 Å². The summed E-state index contributed by atoms with van der Waals surface area (Å²) in [5.74, 6) is -0.390. The van der Waals surface area contributed by atoms with Crippen molar-refractivity contribution in [3.8, 4) is 5.75 Å². The van der Waals surface area contributed by atoms with Gasteiger partial charge in [-0.25, -0.2) is 15.0 Å². The van der Waals surface area contributed by atoms with E-state index in [0.29, 0.717) is 5.39 Å². The molecular weight excluding hydrogens is 585 g/mol. The zero-order chi connectivity index (χ0) is 30.7. The molecule has 0 amide bonds. The second-order valence-electron chi connectivity index (χ2n) is 9.44. The number of hydrogen-bond acceptors (Lipinski definition) is 13. The summed E-state index contributed by atoms with van der Waals surface area (Å²) in [4.78, 5) is 34.3. The fourth-order valence-electron chi connectivity index (χ4n) is 4.60. The van der Waals surface area contributed by atoms with Crippen LogP contribution in [-0.4, -0.2) is 77.7 Å². The van der Waals surface area contributed by atoms with Gasteiger partial charge in [0.05, 0.1) is 19.5 Å². The van der Waals surface area contributed by atoms with Gasteiger partial charge in [-0.05, 0) is 30.8 Å². The predicted octanol–water partition coefficient (Wildman–Crippen LogP) is 2.47. The molecule has 0 saturated carbocycles. The fraction of sp³-hybridized carbons (Fsp3) is 0.360. The van der Waals surface area contributed by atoms with Crippen molar-refractivity contribution in [1.82, 2.24) is 24.4 Å². The van der Waals surface area contributed by atoms with Crippen LogP contribution in [0, 0.1) is 0 Å². The summed E-state index contributed by atoms with van der Waals surface area (Å²) >= 11 is 0. The van der Waals surface area contributed by atoms with E-state index < -0.39 is 51.0 Å². The van der Waals surface area contributed by atoms with Crippen LogP contribution in [0.25, 0.3) is 32.4 Å². The van der Waals surface area contributed by atoms with Gasteiger partial charge in [0.15, 0.2) is 23.4 Å². The van der Waals surface area contributed by atoms with E-state index in [1.165, 1.54) is 24.1 Å². The summed E-state index contributed by atoms with van der Waals surface area (Å²) in [5.41, 5.74) is 13.3. The van der Waals surface area contributed by atoms with E-state index in [-0.39, 0.29) is 29.3 Å². The predicted molar refractivity (Wildman–Crippen MR) is 151 cm³/mol. The first-order chi connectivity index (χ1) is 20.7. The number of imidazole rings is 1. The second-order valence-corrected chi connectivity index (χ2v) is 10.7. The topological polar surface area (TPSA) is 233 Å². The van der Waals surface area contributed by atoms with Crippen molar-refractivity contribution >= 4 is 41.9 Å². The maximum atomic E-state index is 13.6. The molecule has 6 atom stereocenters. The van der Waals surface area contributed by atoms with Gasteiger partial charge >= 0.3 is 5.97 Å². The maximum absolute atomic E-state index is 13.6. The Bertz CT molecular complexity index is 1710. The van der Waals surface area contributed by atoms with E-state index >= 15 is 0 Å². The number of benzene rings is 2. The van der Waals surface area contributed by atoms with Gasteiger partial charge in [-0.15, -0.1) is 0 Å². The van der Waals surface area contributed by atoms with Crippen LogP contribution in [0.5, 0.6) is 5.75 Å². The minimum Gasteiger partial charge on any atom is -0.465 e. The number of rotatable bonds is 11. The Hall–Kier alpha value is -4.34. The molecule has 2 aromatic heterocycles. The van der Waals surface area contributed by atoms with Crippen molar-refractivity contribution < 1.29 is 38.4 Å². The van der Waals surface area contributed by atoms with E-state index in [0.717, 1.165) is 10.2 Å². The minimum atomic E-state index is -3.50. The van der Waals surface area contributed by atoms with Crippen LogP contribution in [0.2, 0.25) is 0 Å². The summed E-state index contributed by atoms with van der Waals surface area (Å²) in [6, 6.07) is 11.3. The van der Waals surface area contributed by atoms with Crippen molar-refractivity contribution in [3.63, 3.8) is 0 Å². The Morgan fingerprint density at radius 1 is 1.28 bits per heavy atom. The molecule has 4 N–H and O–H groups in total. The smallest absolute Gasteiger partial charge is 0.327 e. The van der Waals surface area contributed by atoms with Crippen molar-refractivity contribution in [3.05, 3.63) is 65.6 Å². The van der Waals surface area contributed by atoms with Gasteiger partial charge in [0.25, 0.3) is 8.18 Å². The molecule has 0 bridgehead atoms.